The van der Waals surface area contributed by atoms with Crippen molar-refractivity contribution in [2.24, 2.45) is 0 Å². The Morgan fingerprint density at radius 2 is 1.85 bits per heavy atom. The fourth-order valence-electron chi connectivity index (χ4n) is 4.31. The van der Waals surface area contributed by atoms with Crippen molar-refractivity contribution in [1.82, 2.24) is 10.3 Å². The molecule has 170 valence electrons. The van der Waals surface area contributed by atoms with E-state index in [-0.39, 0.29) is 17.6 Å². The van der Waals surface area contributed by atoms with Crippen LogP contribution in [0, 0.1) is 12.7 Å². The molecule has 0 fully saturated rings. The number of carbonyl (C=O) groups excluding carboxylic acids is 2. The number of nitrogens with zero attached hydrogens (tertiary/aromatic N) is 2. The van der Waals surface area contributed by atoms with Crippen LogP contribution in [0.15, 0.2) is 72.8 Å². The van der Waals surface area contributed by atoms with Crippen LogP contribution in [0.3, 0.4) is 0 Å². The van der Waals surface area contributed by atoms with Gasteiger partial charge in [-0.15, -0.1) is 0 Å². The molecule has 0 spiro atoms. The molecule has 1 heterocycles. The van der Waals surface area contributed by atoms with Gasteiger partial charge in [-0.25, -0.2) is 4.39 Å². The third-order valence-electron chi connectivity index (χ3n) is 5.92. The van der Waals surface area contributed by atoms with Gasteiger partial charge in [-0.05, 0) is 61.7 Å². The van der Waals surface area contributed by atoms with Gasteiger partial charge < -0.3 is 5.32 Å². The molecule has 3 aromatic carbocycles. The molecule has 0 saturated carbocycles. The van der Waals surface area contributed by atoms with E-state index in [2.05, 4.69) is 5.32 Å². The molecule has 0 aromatic heterocycles. The van der Waals surface area contributed by atoms with Gasteiger partial charge in [-0.2, -0.15) is 0 Å². The van der Waals surface area contributed by atoms with Crippen LogP contribution in [0.4, 0.5) is 10.1 Å². The number of nitrogens with one attached hydrogen (secondary N) is 1. The van der Waals surface area contributed by atoms with Crippen LogP contribution in [-0.2, 0) is 17.6 Å². The van der Waals surface area contributed by atoms with Crippen molar-refractivity contribution in [1.29, 1.82) is 0 Å². The summed E-state index contributed by atoms with van der Waals surface area (Å²) in [5.74, 6) is -0.759. The van der Waals surface area contributed by atoms with E-state index >= 15 is 0 Å². The van der Waals surface area contributed by atoms with Crippen LogP contribution >= 0.6 is 0 Å². The van der Waals surface area contributed by atoms with Gasteiger partial charge in [0.05, 0.1) is 5.69 Å². The molecule has 33 heavy (non-hydrogen) atoms. The van der Waals surface area contributed by atoms with Crippen LogP contribution in [0.1, 0.15) is 34.0 Å². The summed E-state index contributed by atoms with van der Waals surface area (Å²) in [4.78, 5) is 26.8. The number of anilines is 1. The fraction of sp³-hybridized carbons (Fsp3) is 0.259. The zero-order chi connectivity index (χ0) is 23.4. The molecule has 1 unspecified atom stereocenters. The number of aryl methyl sites for hydroxylation is 1. The molecular formula is C27H28FN3O2. The van der Waals surface area contributed by atoms with Gasteiger partial charge >= 0.3 is 0 Å². The molecule has 0 bridgehead atoms. The monoisotopic (exact) mass is 445 g/mol. The van der Waals surface area contributed by atoms with Crippen LogP contribution in [-0.4, -0.2) is 36.0 Å². The van der Waals surface area contributed by atoms with E-state index < -0.39 is 6.04 Å². The highest BCUT2D eigenvalue weighted by molar-refractivity contribution is 5.98. The molecule has 1 N–H and O–H groups in total. The number of hydrazine groups is 1. The van der Waals surface area contributed by atoms with Crippen molar-refractivity contribution in [2.45, 2.75) is 32.7 Å². The van der Waals surface area contributed by atoms with Crippen LogP contribution in [0.2, 0.25) is 0 Å². The Kier molecular flexibility index (Phi) is 6.73. The molecule has 1 atom stereocenters. The Balaban J connectivity index is 1.61. The van der Waals surface area contributed by atoms with E-state index in [1.807, 2.05) is 67.4 Å². The molecule has 5 nitrogen and oxygen atoms in total. The van der Waals surface area contributed by atoms with Crippen molar-refractivity contribution in [3.8, 4) is 0 Å². The standard InChI is InChI=1S/C27H28FN3O2/c1-3-30(31-15-14-21-18-23(28)12-13-25(21)31)27(33)24(17-20-9-5-4-6-10-20)29-26(32)22-11-7-8-19(2)16-22/h4-13,16,18,24H,3,14-15,17H2,1-2H3,(H,29,32). The largest absolute Gasteiger partial charge is 0.340 e. The molecular weight excluding hydrogens is 417 g/mol. The van der Waals surface area contributed by atoms with E-state index in [0.29, 0.717) is 31.5 Å². The van der Waals surface area contributed by atoms with Gasteiger partial charge in [-0.1, -0.05) is 48.0 Å². The van der Waals surface area contributed by atoms with Crippen molar-refractivity contribution >= 4 is 17.5 Å². The summed E-state index contributed by atoms with van der Waals surface area (Å²) in [5.41, 5.74) is 4.16. The Morgan fingerprint density at radius 3 is 2.58 bits per heavy atom. The number of amides is 2. The summed E-state index contributed by atoms with van der Waals surface area (Å²) in [5, 5.41) is 6.52. The van der Waals surface area contributed by atoms with Gasteiger partial charge in [0.2, 0.25) is 0 Å². The maximum absolute atomic E-state index is 13.8. The molecule has 0 radical (unpaired) electrons. The summed E-state index contributed by atoms with van der Waals surface area (Å²) in [7, 11) is 0. The second kappa shape index (κ2) is 9.86. The highest BCUT2D eigenvalue weighted by Crippen LogP contribution is 2.30. The number of likely N-dealkylation sites (N-methyl/N-ethyl adjacent to an activating group) is 1. The summed E-state index contributed by atoms with van der Waals surface area (Å²) in [6, 6.07) is 20.9. The first-order chi connectivity index (χ1) is 16.0. The second-order valence-electron chi connectivity index (χ2n) is 8.29. The third kappa shape index (κ3) is 5.06. The molecule has 0 aliphatic carbocycles. The van der Waals surface area contributed by atoms with Gasteiger partial charge in [0.1, 0.15) is 11.9 Å². The Bertz CT molecular complexity index is 1150. The first-order valence-electron chi connectivity index (χ1n) is 11.2. The number of rotatable bonds is 7. The Labute approximate surface area is 193 Å². The first-order valence-corrected chi connectivity index (χ1v) is 11.2. The fourth-order valence-corrected chi connectivity index (χ4v) is 4.31. The average Bonchev–Trinajstić information content (AvgIpc) is 3.22. The van der Waals surface area contributed by atoms with Crippen molar-refractivity contribution in [3.63, 3.8) is 0 Å². The van der Waals surface area contributed by atoms with Crippen LogP contribution in [0.5, 0.6) is 0 Å². The van der Waals surface area contributed by atoms with Crippen molar-refractivity contribution in [2.75, 3.05) is 18.1 Å². The smallest absolute Gasteiger partial charge is 0.263 e. The molecule has 1 aliphatic heterocycles. The zero-order valence-electron chi connectivity index (χ0n) is 18.9. The van der Waals surface area contributed by atoms with Gasteiger partial charge in [0.25, 0.3) is 11.8 Å². The topological polar surface area (TPSA) is 52.7 Å². The lowest BCUT2D eigenvalue weighted by Gasteiger charge is -2.35. The van der Waals surface area contributed by atoms with Gasteiger partial charge in [-0.3, -0.25) is 19.6 Å². The maximum atomic E-state index is 13.8. The number of carbonyl (C=O) groups is 2. The van der Waals surface area contributed by atoms with E-state index in [9.17, 15) is 14.0 Å². The van der Waals surface area contributed by atoms with E-state index in [1.54, 1.807) is 17.1 Å². The molecule has 6 heteroatoms. The normalized spacial score (nSPS) is 13.4. The molecule has 0 saturated heterocycles. The Hall–Kier alpha value is -3.67. The third-order valence-corrected chi connectivity index (χ3v) is 5.92. The number of hydrogen-bond donors (Lipinski definition) is 1. The van der Waals surface area contributed by atoms with Gasteiger partial charge in [0, 0.05) is 25.1 Å². The minimum absolute atomic E-state index is 0.195. The first kappa shape index (κ1) is 22.5. The lowest BCUT2D eigenvalue weighted by molar-refractivity contribution is -0.133. The average molecular weight is 446 g/mol. The number of fused-ring (bicyclic) bond motifs is 1. The molecule has 2 amide bonds. The number of benzene rings is 3. The van der Waals surface area contributed by atoms with E-state index in [4.69, 9.17) is 0 Å². The van der Waals surface area contributed by atoms with Crippen LogP contribution < -0.4 is 10.3 Å². The van der Waals surface area contributed by atoms with Crippen molar-refractivity contribution in [3.05, 3.63) is 101 Å². The van der Waals surface area contributed by atoms with Crippen molar-refractivity contribution < 1.29 is 14.0 Å². The highest BCUT2D eigenvalue weighted by atomic mass is 19.1. The highest BCUT2D eigenvalue weighted by Gasteiger charge is 2.32. The maximum Gasteiger partial charge on any atom is 0.263 e. The minimum atomic E-state index is -0.745. The molecule has 1 aliphatic rings. The lowest BCUT2D eigenvalue weighted by atomic mass is 10.0. The Morgan fingerprint density at radius 1 is 1.06 bits per heavy atom. The quantitative estimate of drug-likeness (QED) is 0.590. The zero-order valence-corrected chi connectivity index (χ0v) is 18.9. The summed E-state index contributed by atoms with van der Waals surface area (Å²) < 4.78 is 13.7. The van der Waals surface area contributed by atoms with Crippen LogP contribution in [0.25, 0.3) is 0 Å². The van der Waals surface area contributed by atoms with E-state index in [0.717, 1.165) is 22.4 Å². The number of halogens is 1. The molecule has 3 aromatic rings. The predicted octanol–water partition coefficient (Wildman–Crippen LogP) is 4.30. The van der Waals surface area contributed by atoms with Gasteiger partial charge in [0.15, 0.2) is 0 Å². The summed E-state index contributed by atoms with van der Waals surface area (Å²) in [6.07, 6.45) is 1.04. The summed E-state index contributed by atoms with van der Waals surface area (Å²) >= 11 is 0. The molecule has 4 rings (SSSR count). The van der Waals surface area contributed by atoms with E-state index in [1.165, 1.54) is 12.1 Å². The summed E-state index contributed by atoms with van der Waals surface area (Å²) in [6.45, 7) is 4.85. The lowest BCUT2D eigenvalue weighted by Crippen LogP contribution is -2.55. The number of hydrogen-bond acceptors (Lipinski definition) is 3. The SMILES string of the molecule is CCN(C(=O)C(Cc1ccccc1)NC(=O)c1cccc(C)c1)N1CCc2cc(F)ccc21. The minimum Gasteiger partial charge on any atom is -0.340 e. The predicted molar refractivity (Wildman–Crippen MR) is 127 cm³/mol. The second-order valence-corrected chi connectivity index (χ2v) is 8.29.